The molecular formula is C15H19ClFN3O2S. The fourth-order valence-electron chi connectivity index (χ4n) is 2.27. The van der Waals surface area contributed by atoms with Crippen molar-refractivity contribution in [3.8, 4) is 0 Å². The topological polar surface area (TPSA) is 44.8 Å². The van der Waals surface area contributed by atoms with Gasteiger partial charge in [0.2, 0.25) is 0 Å². The third kappa shape index (κ3) is 5.30. The molecule has 0 saturated carbocycles. The first-order chi connectivity index (χ1) is 11.0. The Kier molecular flexibility index (Phi) is 6.56. The molecule has 1 N–H and O–H groups in total. The van der Waals surface area contributed by atoms with Crippen molar-refractivity contribution in [2.75, 3.05) is 44.6 Å². The molecular weight excluding hydrogens is 341 g/mol. The van der Waals surface area contributed by atoms with E-state index in [-0.39, 0.29) is 11.0 Å². The standard InChI is InChI=1S/C15H19ClFN3O2S/c1-2-22-14(21)10-19-5-7-20(8-6-19)15(23)18-11-3-4-13(17)12(16)9-11/h3-4,9H,2,5-8,10H2,1H3,(H,18,23). The molecule has 1 heterocycles. The Bertz CT molecular complexity index is 580. The number of benzene rings is 1. The number of carbonyl (C=O) groups is 1. The molecule has 126 valence electrons. The van der Waals surface area contributed by atoms with Gasteiger partial charge in [-0.3, -0.25) is 9.69 Å². The average molecular weight is 360 g/mol. The highest BCUT2D eigenvalue weighted by atomic mass is 35.5. The largest absolute Gasteiger partial charge is 0.465 e. The molecule has 1 aromatic carbocycles. The molecule has 1 saturated heterocycles. The Labute approximate surface area is 145 Å². The number of carbonyl (C=O) groups excluding carboxylic acids is 1. The molecule has 0 bridgehead atoms. The minimum absolute atomic E-state index is 0.0528. The molecule has 0 unspecified atom stereocenters. The number of anilines is 1. The molecule has 0 amide bonds. The van der Waals surface area contributed by atoms with Gasteiger partial charge >= 0.3 is 5.97 Å². The first-order valence-electron chi connectivity index (χ1n) is 7.38. The first-order valence-corrected chi connectivity index (χ1v) is 8.17. The van der Waals surface area contributed by atoms with Crippen LogP contribution in [0.1, 0.15) is 6.92 Å². The lowest BCUT2D eigenvalue weighted by Gasteiger charge is -2.35. The second kappa shape index (κ2) is 8.42. The molecule has 8 heteroatoms. The number of nitrogens with zero attached hydrogens (tertiary/aromatic N) is 2. The SMILES string of the molecule is CCOC(=O)CN1CCN(C(=S)Nc2ccc(F)c(Cl)c2)CC1. The maximum absolute atomic E-state index is 13.1. The molecule has 2 rings (SSSR count). The number of hydrogen-bond donors (Lipinski definition) is 1. The molecule has 1 aliphatic rings. The van der Waals surface area contributed by atoms with Gasteiger partial charge in [0.1, 0.15) is 5.82 Å². The molecule has 1 fully saturated rings. The maximum Gasteiger partial charge on any atom is 0.320 e. The maximum atomic E-state index is 13.1. The van der Waals surface area contributed by atoms with Gasteiger partial charge in [-0.1, -0.05) is 11.6 Å². The summed E-state index contributed by atoms with van der Waals surface area (Å²) in [7, 11) is 0. The summed E-state index contributed by atoms with van der Waals surface area (Å²) in [5.41, 5.74) is 0.648. The van der Waals surface area contributed by atoms with Crippen LogP contribution in [-0.4, -0.2) is 60.2 Å². The van der Waals surface area contributed by atoms with Crippen LogP contribution in [0.2, 0.25) is 5.02 Å². The number of piperazine rings is 1. The normalized spacial score (nSPS) is 15.3. The molecule has 5 nitrogen and oxygen atoms in total. The summed E-state index contributed by atoms with van der Waals surface area (Å²) in [5.74, 6) is -0.668. The van der Waals surface area contributed by atoms with E-state index in [9.17, 15) is 9.18 Å². The lowest BCUT2D eigenvalue weighted by molar-refractivity contribution is -0.144. The van der Waals surface area contributed by atoms with Crippen molar-refractivity contribution in [3.05, 3.63) is 29.0 Å². The third-order valence-corrected chi connectivity index (χ3v) is 4.14. The van der Waals surface area contributed by atoms with Gasteiger partial charge in [0.05, 0.1) is 18.2 Å². The van der Waals surface area contributed by atoms with Crippen LogP contribution in [0.4, 0.5) is 10.1 Å². The zero-order chi connectivity index (χ0) is 16.8. The first kappa shape index (κ1) is 17.9. The summed E-state index contributed by atoms with van der Waals surface area (Å²) in [4.78, 5) is 15.5. The van der Waals surface area contributed by atoms with Gasteiger partial charge < -0.3 is 15.0 Å². The number of ether oxygens (including phenoxy) is 1. The van der Waals surface area contributed by atoms with Crippen LogP contribution in [0, 0.1) is 5.82 Å². The van der Waals surface area contributed by atoms with Gasteiger partial charge in [0.15, 0.2) is 5.11 Å². The van der Waals surface area contributed by atoms with Crippen LogP contribution in [0.5, 0.6) is 0 Å². The molecule has 1 aromatic rings. The fourth-order valence-corrected chi connectivity index (χ4v) is 2.76. The Hall–Kier alpha value is -1.44. The van der Waals surface area contributed by atoms with E-state index in [0.717, 1.165) is 13.1 Å². The third-order valence-electron chi connectivity index (χ3n) is 3.49. The van der Waals surface area contributed by atoms with E-state index in [1.54, 1.807) is 13.0 Å². The summed E-state index contributed by atoms with van der Waals surface area (Å²) >= 11 is 11.1. The Balaban J connectivity index is 1.81. The van der Waals surface area contributed by atoms with E-state index in [1.807, 2.05) is 9.80 Å². The smallest absolute Gasteiger partial charge is 0.320 e. The van der Waals surface area contributed by atoms with Crippen molar-refractivity contribution in [1.82, 2.24) is 9.80 Å². The summed E-state index contributed by atoms with van der Waals surface area (Å²) in [6.45, 7) is 5.36. The molecule has 0 aliphatic carbocycles. The van der Waals surface area contributed by atoms with E-state index < -0.39 is 5.82 Å². The second-order valence-corrected chi connectivity index (χ2v) is 5.92. The lowest BCUT2D eigenvalue weighted by atomic mass is 10.3. The second-order valence-electron chi connectivity index (χ2n) is 5.13. The zero-order valence-electron chi connectivity index (χ0n) is 12.8. The van der Waals surface area contributed by atoms with Gasteiger partial charge in [-0.25, -0.2) is 4.39 Å². The van der Waals surface area contributed by atoms with Crippen LogP contribution >= 0.6 is 23.8 Å². The van der Waals surface area contributed by atoms with Crippen LogP contribution in [-0.2, 0) is 9.53 Å². The Morgan fingerprint density at radius 3 is 2.70 bits per heavy atom. The predicted octanol–water partition coefficient (Wildman–Crippen LogP) is 2.36. The van der Waals surface area contributed by atoms with E-state index in [4.69, 9.17) is 28.6 Å². The number of halogens is 2. The Morgan fingerprint density at radius 1 is 1.39 bits per heavy atom. The molecule has 1 aliphatic heterocycles. The van der Waals surface area contributed by atoms with Crippen molar-refractivity contribution >= 4 is 40.6 Å². The van der Waals surface area contributed by atoms with Gasteiger partial charge in [-0.2, -0.15) is 0 Å². The van der Waals surface area contributed by atoms with Crippen molar-refractivity contribution in [2.45, 2.75) is 6.92 Å². The van der Waals surface area contributed by atoms with Crippen LogP contribution < -0.4 is 5.32 Å². The highest BCUT2D eigenvalue weighted by Gasteiger charge is 2.21. The van der Waals surface area contributed by atoms with Gasteiger partial charge in [0.25, 0.3) is 0 Å². The lowest BCUT2D eigenvalue weighted by Crippen LogP contribution is -2.51. The number of nitrogens with one attached hydrogen (secondary N) is 1. The number of thiocarbonyl (C=S) groups is 1. The van der Waals surface area contributed by atoms with E-state index in [2.05, 4.69) is 5.32 Å². The molecule has 0 radical (unpaired) electrons. The number of esters is 1. The van der Waals surface area contributed by atoms with Crippen LogP contribution in [0.3, 0.4) is 0 Å². The summed E-state index contributed by atoms with van der Waals surface area (Å²) < 4.78 is 18.1. The van der Waals surface area contributed by atoms with Crippen molar-refractivity contribution in [1.29, 1.82) is 0 Å². The predicted molar refractivity (Wildman–Crippen MR) is 92.3 cm³/mol. The molecule has 23 heavy (non-hydrogen) atoms. The summed E-state index contributed by atoms with van der Waals surface area (Å²) in [5, 5.41) is 3.66. The minimum Gasteiger partial charge on any atom is -0.465 e. The van der Waals surface area contributed by atoms with Crippen molar-refractivity contribution in [2.24, 2.45) is 0 Å². The fraction of sp³-hybridized carbons (Fsp3) is 0.467. The monoisotopic (exact) mass is 359 g/mol. The van der Waals surface area contributed by atoms with Crippen molar-refractivity contribution in [3.63, 3.8) is 0 Å². The molecule has 0 spiro atoms. The number of rotatable bonds is 4. The van der Waals surface area contributed by atoms with Gasteiger partial charge in [-0.15, -0.1) is 0 Å². The minimum atomic E-state index is -0.462. The quantitative estimate of drug-likeness (QED) is 0.657. The molecule has 0 aromatic heterocycles. The van der Waals surface area contributed by atoms with E-state index >= 15 is 0 Å². The number of hydrogen-bond acceptors (Lipinski definition) is 4. The van der Waals surface area contributed by atoms with E-state index in [0.29, 0.717) is 37.0 Å². The van der Waals surface area contributed by atoms with Gasteiger partial charge in [-0.05, 0) is 37.3 Å². The summed E-state index contributed by atoms with van der Waals surface area (Å²) in [6, 6.07) is 4.38. The van der Waals surface area contributed by atoms with Crippen LogP contribution in [0.25, 0.3) is 0 Å². The Morgan fingerprint density at radius 2 is 2.09 bits per heavy atom. The van der Waals surface area contributed by atoms with Crippen molar-refractivity contribution < 1.29 is 13.9 Å². The van der Waals surface area contributed by atoms with E-state index in [1.165, 1.54) is 12.1 Å². The zero-order valence-corrected chi connectivity index (χ0v) is 14.4. The average Bonchev–Trinajstić information content (AvgIpc) is 2.52. The highest BCUT2D eigenvalue weighted by Crippen LogP contribution is 2.19. The van der Waals surface area contributed by atoms with Crippen LogP contribution in [0.15, 0.2) is 18.2 Å². The summed E-state index contributed by atoms with van der Waals surface area (Å²) in [6.07, 6.45) is 0. The molecule has 0 atom stereocenters. The highest BCUT2D eigenvalue weighted by molar-refractivity contribution is 7.80. The van der Waals surface area contributed by atoms with Gasteiger partial charge in [0, 0.05) is 31.9 Å².